The SMILES string of the molecule is CC(C)c1c(F)cccc1Cl.CC(C)c1cc(C(F)(F)F)ccc1F.CC(C)c1ccc(F)cc1F.CC(C)c1ccccc1F.Cc1cc(F)c(C(C)C)c(F)c1.Cc1ccc(C(C)C)c(F)c1. The normalized spacial score (nSPS) is 11.0. The molecule has 0 aliphatic carbocycles. The molecule has 12 heteroatoms. The van der Waals surface area contributed by atoms with Gasteiger partial charge in [-0.1, -0.05) is 137 Å². The maximum Gasteiger partial charge on any atom is 0.416 e. The zero-order chi connectivity index (χ0) is 53.1. The third-order valence-electron chi connectivity index (χ3n) is 10.2. The number of alkyl halides is 3. The molecule has 0 nitrogen and oxygen atoms in total. The number of aryl methyl sites for hydroxylation is 2. The first kappa shape index (κ1) is 61.9. The average molecular weight is 996 g/mol. The molecule has 6 aromatic carbocycles. The quantitative estimate of drug-likeness (QED) is 0.146. The van der Waals surface area contributed by atoms with Crippen LogP contribution in [0.1, 0.15) is 169 Å². The Balaban J connectivity index is 0.000000415. The summed E-state index contributed by atoms with van der Waals surface area (Å²) in [5, 5.41) is 0.514. The van der Waals surface area contributed by atoms with Gasteiger partial charge in [-0.3, -0.25) is 0 Å². The standard InChI is InChI=1S/C10H10F4.C10H12F2.C10H13F.C9H10ClF.C9H10F2.C9H11F/c1-6(2)8-5-7(10(12,13)14)3-4-9(8)11;1-6(2)10-8(11)4-7(3)5-9(10)12;1-7(2)9-5-4-8(3)6-10(9)11;1-6(2)9-7(10)4-3-5-8(9)11;1-6(2)8-4-3-7(10)5-9(8)11;1-7(2)8-5-3-4-6-9(8)10/h3-6H,1-2H3;4-6H,1-3H3;4-7H,1-3H3;2*3-6H,1-2H3;3-7H,1-2H3. The van der Waals surface area contributed by atoms with E-state index in [1.807, 2.05) is 86.6 Å². The largest absolute Gasteiger partial charge is 0.416 e. The van der Waals surface area contributed by atoms with Gasteiger partial charge in [0.05, 0.1) is 5.56 Å². The Hall–Kier alpha value is -5.16. The molecule has 0 radical (unpaired) electrons. The van der Waals surface area contributed by atoms with Gasteiger partial charge in [0, 0.05) is 22.2 Å². The molecule has 0 heterocycles. The van der Waals surface area contributed by atoms with Gasteiger partial charge in [-0.25, -0.2) is 35.1 Å². The van der Waals surface area contributed by atoms with Crippen molar-refractivity contribution in [3.8, 4) is 0 Å². The van der Waals surface area contributed by atoms with E-state index in [1.54, 1.807) is 58.9 Å². The first-order valence-electron chi connectivity index (χ1n) is 22.6. The molecule has 378 valence electrons. The minimum atomic E-state index is -4.41. The number of benzene rings is 6. The first-order chi connectivity index (χ1) is 31.9. The molecule has 0 amide bonds. The van der Waals surface area contributed by atoms with Gasteiger partial charge < -0.3 is 0 Å². The molecule has 6 rings (SSSR count). The fraction of sp³-hybridized carbons (Fsp3) is 0.368. The van der Waals surface area contributed by atoms with Crippen LogP contribution in [0.4, 0.5) is 48.3 Å². The molecule has 0 N–H and O–H groups in total. The third kappa shape index (κ3) is 21.2. The number of hydrogen-bond donors (Lipinski definition) is 0. The molecule has 0 spiro atoms. The Morgan fingerprint density at radius 2 is 0.768 bits per heavy atom. The molecule has 0 fully saturated rings. The summed E-state index contributed by atoms with van der Waals surface area (Å²) in [7, 11) is 0. The van der Waals surface area contributed by atoms with Crippen molar-refractivity contribution in [2.45, 2.75) is 139 Å². The molecule has 0 saturated carbocycles. The lowest BCUT2D eigenvalue weighted by molar-refractivity contribution is -0.137. The number of halogens is 12. The van der Waals surface area contributed by atoms with Gasteiger partial charge in [-0.05, 0) is 143 Å². The zero-order valence-electron chi connectivity index (χ0n) is 41.9. The molecule has 0 aliphatic rings. The van der Waals surface area contributed by atoms with Crippen molar-refractivity contribution < 1.29 is 48.3 Å². The number of rotatable bonds is 6. The Kier molecular flexibility index (Phi) is 26.1. The topological polar surface area (TPSA) is 0 Å². The Morgan fingerprint density at radius 3 is 1.16 bits per heavy atom. The van der Waals surface area contributed by atoms with Crippen molar-refractivity contribution in [1.82, 2.24) is 0 Å². The Labute approximate surface area is 408 Å². The number of hydrogen-bond acceptors (Lipinski definition) is 0. The van der Waals surface area contributed by atoms with E-state index in [9.17, 15) is 48.3 Å². The molecule has 0 bridgehead atoms. The van der Waals surface area contributed by atoms with Gasteiger partial charge >= 0.3 is 6.18 Å². The molecule has 0 aliphatic heterocycles. The van der Waals surface area contributed by atoms with Crippen LogP contribution in [0.15, 0.2) is 109 Å². The molecular formula is C57H66ClF11. The molecule has 0 saturated heterocycles. The van der Waals surface area contributed by atoms with Gasteiger partial charge in [0.25, 0.3) is 0 Å². The lowest BCUT2D eigenvalue weighted by Gasteiger charge is -2.11. The summed E-state index contributed by atoms with van der Waals surface area (Å²) >= 11 is 5.78. The van der Waals surface area contributed by atoms with E-state index in [1.165, 1.54) is 36.4 Å². The van der Waals surface area contributed by atoms with Crippen molar-refractivity contribution in [2.24, 2.45) is 0 Å². The van der Waals surface area contributed by atoms with Crippen molar-refractivity contribution in [1.29, 1.82) is 0 Å². The summed E-state index contributed by atoms with van der Waals surface area (Å²) in [4.78, 5) is 0. The van der Waals surface area contributed by atoms with E-state index in [0.29, 0.717) is 21.7 Å². The van der Waals surface area contributed by atoms with Crippen LogP contribution in [-0.4, -0.2) is 0 Å². The highest BCUT2D eigenvalue weighted by Crippen LogP contribution is 2.32. The highest BCUT2D eigenvalue weighted by molar-refractivity contribution is 6.31. The van der Waals surface area contributed by atoms with E-state index < -0.39 is 40.8 Å². The smallest absolute Gasteiger partial charge is 0.207 e. The Morgan fingerprint density at radius 1 is 0.348 bits per heavy atom. The summed E-state index contributed by atoms with van der Waals surface area (Å²) < 4.78 is 140. The van der Waals surface area contributed by atoms with Crippen LogP contribution in [0.3, 0.4) is 0 Å². The van der Waals surface area contributed by atoms with E-state index in [0.717, 1.165) is 41.0 Å². The van der Waals surface area contributed by atoms with Gasteiger partial charge in [0.1, 0.15) is 46.5 Å². The van der Waals surface area contributed by atoms with Crippen molar-refractivity contribution in [2.75, 3.05) is 0 Å². The second kappa shape index (κ2) is 29.1. The molecule has 69 heavy (non-hydrogen) atoms. The lowest BCUT2D eigenvalue weighted by atomic mass is 10.00. The van der Waals surface area contributed by atoms with Crippen LogP contribution in [0, 0.1) is 60.4 Å². The van der Waals surface area contributed by atoms with Gasteiger partial charge in [-0.15, -0.1) is 0 Å². The van der Waals surface area contributed by atoms with E-state index in [-0.39, 0.29) is 64.1 Å². The van der Waals surface area contributed by atoms with Crippen LogP contribution in [0.2, 0.25) is 5.02 Å². The zero-order valence-corrected chi connectivity index (χ0v) is 42.6. The van der Waals surface area contributed by atoms with Crippen LogP contribution in [-0.2, 0) is 6.18 Å². The predicted octanol–water partition coefficient (Wildman–Crippen LogP) is 20.3. The monoisotopic (exact) mass is 994 g/mol. The molecule has 6 aromatic rings. The molecule has 0 unspecified atom stereocenters. The van der Waals surface area contributed by atoms with Crippen LogP contribution in [0.5, 0.6) is 0 Å². The summed E-state index contributed by atoms with van der Waals surface area (Å²) in [6, 6.07) is 25.9. The lowest BCUT2D eigenvalue weighted by Crippen LogP contribution is -2.06. The average Bonchev–Trinajstić information content (AvgIpc) is 3.21. The second-order valence-electron chi connectivity index (χ2n) is 18.2. The first-order valence-corrected chi connectivity index (χ1v) is 23.0. The summed E-state index contributed by atoms with van der Waals surface area (Å²) in [5.41, 5.74) is 3.84. The fourth-order valence-electron chi connectivity index (χ4n) is 6.50. The molecule has 0 atom stereocenters. The highest BCUT2D eigenvalue weighted by atomic mass is 35.5. The van der Waals surface area contributed by atoms with Gasteiger partial charge in [0.2, 0.25) is 0 Å². The van der Waals surface area contributed by atoms with Crippen molar-refractivity contribution in [3.05, 3.63) is 211 Å². The van der Waals surface area contributed by atoms with Gasteiger partial charge in [0.15, 0.2) is 0 Å². The molecule has 0 aromatic heterocycles. The predicted molar refractivity (Wildman–Crippen MR) is 262 cm³/mol. The van der Waals surface area contributed by atoms with E-state index >= 15 is 0 Å². The van der Waals surface area contributed by atoms with Crippen LogP contribution < -0.4 is 0 Å². The van der Waals surface area contributed by atoms with Crippen molar-refractivity contribution >= 4 is 11.6 Å². The minimum absolute atomic E-state index is 0.0833. The summed E-state index contributed by atoms with van der Waals surface area (Å²) in [5.74, 6) is -2.41. The Bertz CT molecular complexity index is 2390. The van der Waals surface area contributed by atoms with Gasteiger partial charge in [-0.2, -0.15) is 13.2 Å². The maximum absolute atomic E-state index is 13.1. The van der Waals surface area contributed by atoms with Crippen molar-refractivity contribution in [3.63, 3.8) is 0 Å². The second-order valence-corrected chi connectivity index (χ2v) is 18.6. The van der Waals surface area contributed by atoms with E-state index in [2.05, 4.69) is 0 Å². The molecular weight excluding hydrogens is 929 g/mol. The minimum Gasteiger partial charge on any atom is -0.207 e. The fourth-order valence-corrected chi connectivity index (χ4v) is 6.88. The maximum atomic E-state index is 13.1. The third-order valence-corrected chi connectivity index (χ3v) is 10.5. The highest BCUT2D eigenvalue weighted by Gasteiger charge is 2.31. The van der Waals surface area contributed by atoms with E-state index in [4.69, 9.17) is 11.6 Å². The summed E-state index contributed by atoms with van der Waals surface area (Å²) in [6.45, 7) is 26.0. The van der Waals surface area contributed by atoms with Crippen LogP contribution >= 0.6 is 11.6 Å². The van der Waals surface area contributed by atoms with Crippen LogP contribution in [0.25, 0.3) is 0 Å². The summed E-state index contributed by atoms with van der Waals surface area (Å²) in [6.07, 6.45) is -4.41.